The van der Waals surface area contributed by atoms with Crippen LogP contribution in [0.5, 0.6) is 5.75 Å². The second kappa shape index (κ2) is 5.94. The van der Waals surface area contributed by atoms with Crippen molar-refractivity contribution in [2.24, 2.45) is 0 Å². The number of aromatic nitrogens is 1. The van der Waals surface area contributed by atoms with Crippen LogP contribution in [0, 0.1) is 6.92 Å². The van der Waals surface area contributed by atoms with Crippen LogP contribution in [0.1, 0.15) is 40.6 Å². The molecule has 0 aliphatic heterocycles. The molecule has 0 bridgehead atoms. The summed E-state index contributed by atoms with van der Waals surface area (Å²) in [6, 6.07) is 6.05. The number of nitrogens with zero attached hydrogens (tertiary/aromatic N) is 1. The summed E-state index contributed by atoms with van der Waals surface area (Å²) in [6.07, 6.45) is 3.57. The zero-order valence-electron chi connectivity index (χ0n) is 11.6. The minimum Gasteiger partial charge on any atom is -0.493 e. The number of thiazole rings is 1. The highest BCUT2D eigenvalue weighted by atomic mass is 32.1. The Bertz CT molecular complexity index is 594. The van der Waals surface area contributed by atoms with Crippen molar-refractivity contribution < 1.29 is 9.84 Å². The summed E-state index contributed by atoms with van der Waals surface area (Å²) < 4.78 is 5.83. The highest BCUT2D eigenvalue weighted by Gasteiger charge is 2.18. The molecule has 3 rings (SSSR count). The van der Waals surface area contributed by atoms with Crippen LogP contribution in [0.3, 0.4) is 0 Å². The van der Waals surface area contributed by atoms with Crippen LogP contribution in [-0.2, 0) is 12.8 Å². The summed E-state index contributed by atoms with van der Waals surface area (Å²) in [6.45, 7) is 2.70. The van der Waals surface area contributed by atoms with Crippen LogP contribution < -0.4 is 4.74 Å². The van der Waals surface area contributed by atoms with Gasteiger partial charge in [-0.05, 0) is 49.4 Å². The first kappa shape index (κ1) is 13.6. The Labute approximate surface area is 123 Å². The topological polar surface area (TPSA) is 42.4 Å². The summed E-state index contributed by atoms with van der Waals surface area (Å²) in [5.41, 5.74) is 5.29. The van der Waals surface area contributed by atoms with Crippen LogP contribution in [-0.4, -0.2) is 16.7 Å². The fourth-order valence-electron chi connectivity index (χ4n) is 2.68. The van der Waals surface area contributed by atoms with Crippen LogP contribution in [0.25, 0.3) is 0 Å². The lowest BCUT2D eigenvalue weighted by Gasteiger charge is -2.21. The minimum atomic E-state index is -0.298. The Hall–Kier alpha value is -1.39. The van der Waals surface area contributed by atoms with Crippen molar-refractivity contribution in [1.82, 2.24) is 4.98 Å². The Morgan fingerprint density at radius 3 is 3.15 bits per heavy atom. The van der Waals surface area contributed by atoms with Crippen molar-refractivity contribution in [2.45, 2.75) is 38.7 Å². The average molecular weight is 289 g/mol. The maximum Gasteiger partial charge on any atom is 0.119 e. The quantitative estimate of drug-likeness (QED) is 0.937. The number of aryl methyl sites for hydroxylation is 2. The van der Waals surface area contributed by atoms with Crippen molar-refractivity contribution >= 4 is 11.3 Å². The lowest BCUT2D eigenvalue weighted by atomic mass is 9.89. The van der Waals surface area contributed by atoms with Gasteiger partial charge in [0, 0.05) is 11.3 Å². The number of hydrogen-bond acceptors (Lipinski definition) is 4. The van der Waals surface area contributed by atoms with E-state index in [1.54, 1.807) is 11.3 Å². The molecule has 20 heavy (non-hydrogen) atoms. The molecular formula is C16H19NO2S. The molecule has 106 valence electrons. The molecule has 0 amide bonds. The minimum absolute atomic E-state index is 0.298. The van der Waals surface area contributed by atoms with Gasteiger partial charge < -0.3 is 9.84 Å². The van der Waals surface area contributed by atoms with Gasteiger partial charge in [-0.15, -0.1) is 11.3 Å². The number of hydrogen-bond donors (Lipinski definition) is 1. The molecule has 3 nitrogen and oxygen atoms in total. The monoisotopic (exact) mass is 289 g/mol. The summed E-state index contributed by atoms with van der Waals surface area (Å²) in [7, 11) is 0. The SMILES string of the molecule is Cc1ncsc1CCOc1ccc2c(c1)CCCC2O. The van der Waals surface area contributed by atoms with Crippen molar-refractivity contribution in [3.63, 3.8) is 0 Å². The number of aliphatic hydroxyl groups is 1. The normalized spacial score (nSPS) is 17.8. The van der Waals surface area contributed by atoms with Gasteiger partial charge in [-0.2, -0.15) is 0 Å². The largest absolute Gasteiger partial charge is 0.493 e. The molecule has 0 saturated heterocycles. The average Bonchev–Trinajstić information content (AvgIpc) is 2.85. The molecule has 1 aromatic carbocycles. The first-order valence-electron chi connectivity index (χ1n) is 7.06. The molecule has 1 N–H and O–H groups in total. The van der Waals surface area contributed by atoms with E-state index in [1.807, 2.05) is 24.6 Å². The van der Waals surface area contributed by atoms with Gasteiger partial charge in [-0.1, -0.05) is 6.07 Å². The van der Waals surface area contributed by atoms with E-state index in [-0.39, 0.29) is 6.10 Å². The first-order valence-corrected chi connectivity index (χ1v) is 7.94. The maximum atomic E-state index is 9.94. The van der Waals surface area contributed by atoms with Crippen molar-refractivity contribution in [3.05, 3.63) is 45.4 Å². The number of benzene rings is 1. The third-order valence-corrected chi connectivity index (χ3v) is 4.83. The third-order valence-electron chi connectivity index (χ3n) is 3.84. The molecule has 1 aromatic heterocycles. The molecular weight excluding hydrogens is 270 g/mol. The molecule has 2 aromatic rings. The zero-order valence-corrected chi connectivity index (χ0v) is 12.4. The molecule has 1 aliphatic rings. The highest BCUT2D eigenvalue weighted by Crippen LogP contribution is 2.32. The Morgan fingerprint density at radius 2 is 2.35 bits per heavy atom. The summed E-state index contributed by atoms with van der Waals surface area (Å²) in [5.74, 6) is 0.903. The van der Waals surface area contributed by atoms with E-state index in [4.69, 9.17) is 4.74 Å². The van der Waals surface area contributed by atoms with Gasteiger partial charge in [0.1, 0.15) is 5.75 Å². The molecule has 1 atom stereocenters. The lowest BCUT2D eigenvalue weighted by molar-refractivity contribution is 0.156. The van der Waals surface area contributed by atoms with Gasteiger partial charge >= 0.3 is 0 Å². The second-order valence-corrected chi connectivity index (χ2v) is 6.17. The maximum absolute atomic E-state index is 9.94. The summed E-state index contributed by atoms with van der Waals surface area (Å²) in [5, 5.41) is 9.94. The molecule has 0 spiro atoms. The predicted molar refractivity (Wildman–Crippen MR) is 80.4 cm³/mol. The van der Waals surface area contributed by atoms with Gasteiger partial charge in [0.25, 0.3) is 0 Å². The first-order chi connectivity index (χ1) is 9.74. The Balaban J connectivity index is 1.62. The van der Waals surface area contributed by atoms with E-state index in [0.29, 0.717) is 6.61 Å². The predicted octanol–water partition coefficient (Wildman–Crippen LogP) is 3.44. The second-order valence-electron chi connectivity index (χ2n) is 5.23. The number of fused-ring (bicyclic) bond motifs is 1. The summed E-state index contributed by atoms with van der Waals surface area (Å²) >= 11 is 1.68. The molecule has 1 unspecified atom stereocenters. The van der Waals surface area contributed by atoms with E-state index >= 15 is 0 Å². The fraction of sp³-hybridized carbons (Fsp3) is 0.438. The van der Waals surface area contributed by atoms with E-state index in [1.165, 1.54) is 10.4 Å². The van der Waals surface area contributed by atoms with Crippen molar-refractivity contribution in [2.75, 3.05) is 6.61 Å². The third kappa shape index (κ3) is 2.86. The number of aliphatic hydroxyl groups excluding tert-OH is 1. The van der Waals surface area contributed by atoms with Crippen LogP contribution in [0.4, 0.5) is 0 Å². The zero-order chi connectivity index (χ0) is 13.9. The molecule has 4 heteroatoms. The van der Waals surface area contributed by atoms with Gasteiger partial charge in [-0.25, -0.2) is 4.98 Å². The molecule has 1 heterocycles. The lowest BCUT2D eigenvalue weighted by Crippen LogP contribution is -2.09. The van der Waals surface area contributed by atoms with Crippen LogP contribution in [0.15, 0.2) is 23.7 Å². The molecule has 0 fully saturated rings. The number of rotatable bonds is 4. The fourth-order valence-corrected chi connectivity index (χ4v) is 3.45. The van der Waals surface area contributed by atoms with E-state index in [9.17, 15) is 5.11 Å². The van der Waals surface area contributed by atoms with Crippen LogP contribution >= 0.6 is 11.3 Å². The Morgan fingerprint density at radius 1 is 1.45 bits per heavy atom. The van der Waals surface area contributed by atoms with Gasteiger partial charge in [0.15, 0.2) is 0 Å². The van der Waals surface area contributed by atoms with Crippen LogP contribution in [0.2, 0.25) is 0 Å². The van der Waals surface area contributed by atoms with E-state index < -0.39 is 0 Å². The summed E-state index contributed by atoms with van der Waals surface area (Å²) in [4.78, 5) is 5.53. The van der Waals surface area contributed by atoms with Crippen molar-refractivity contribution in [1.29, 1.82) is 0 Å². The standard InChI is InChI=1S/C16H19NO2S/c1-11-16(20-10-17-11)7-8-19-13-5-6-14-12(9-13)3-2-4-15(14)18/h5-6,9-10,15,18H,2-4,7-8H2,1H3. The Kier molecular flexibility index (Phi) is 4.03. The number of ether oxygens (including phenoxy) is 1. The smallest absolute Gasteiger partial charge is 0.119 e. The van der Waals surface area contributed by atoms with E-state index in [0.717, 1.165) is 42.7 Å². The molecule has 1 aliphatic carbocycles. The van der Waals surface area contributed by atoms with Gasteiger partial charge in [0.2, 0.25) is 0 Å². The van der Waals surface area contributed by atoms with Crippen molar-refractivity contribution in [3.8, 4) is 5.75 Å². The van der Waals surface area contributed by atoms with Gasteiger partial charge in [-0.3, -0.25) is 0 Å². The molecule has 0 radical (unpaired) electrons. The van der Waals surface area contributed by atoms with Gasteiger partial charge in [0.05, 0.1) is 23.9 Å². The molecule has 0 saturated carbocycles. The van der Waals surface area contributed by atoms with E-state index in [2.05, 4.69) is 11.1 Å². The highest BCUT2D eigenvalue weighted by molar-refractivity contribution is 7.09.